The normalized spacial score (nSPS) is 20.6. The molecule has 0 aromatic carbocycles. The second kappa shape index (κ2) is 9.90. The lowest BCUT2D eigenvalue weighted by atomic mass is 9.98. The van der Waals surface area contributed by atoms with E-state index in [9.17, 15) is 14.5 Å². The van der Waals surface area contributed by atoms with Crippen molar-refractivity contribution in [1.82, 2.24) is 5.48 Å². The molecule has 7 nitrogen and oxygen atoms in total. The zero-order chi connectivity index (χ0) is 15.5. The van der Waals surface area contributed by atoms with Crippen molar-refractivity contribution in [1.29, 1.82) is 0 Å². The lowest BCUT2D eigenvalue weighted by Gasteiger charge is -2.19. The number of allylic oxidation sites excluding steroid dienone is 1. The van der Waals surface area contributed by atoms with E-state index in [2.05, 4.69) is 16.6 Å². The second-order valence-corrected chi connectivity index (χ2v) is 5.05. The van der Waals surface area contributed by atoms with E-state index in [1.807, 2.05) is 11.6 Å². The van der Waals surface area contributed by atoms with Gasteiger partial charge in [0, 0.05) is 0 Å². The first-order valence-electron chi connectivity index (χ1n) is 7.23. The van der Waals surface area contributed by atoms with Crippen molar-refractivity contribution in [3.05, 3.63) is 17.6 Å². The molecule has 1 N–H and O–H groups in total. The zero-order valence-electron chi connectivity index (χ0n) is 12.1. The standard InChI is InChI=1S/C14H22N2O5/c1-2-3-4-6-11-7-5-8-12(11)20-14(18)21-16-13(17)9-10-15-19/h2,11-12H,1,3-10H2,(H,16,17). The Morgan fingerprint density at radius 2 is 2.19 bits per heavy atom. The van der Waals surface area contributed by atoms with Crippen molar-refractivity contribution in [3.63, 3.8) is 0 Å². The summed E-state index contributed by atoms with van der Waals surface area (Å²) in [5, 5.41) is 2.54. The maximum Gasteiger partial charge on any atom is 0.533 e. The van der Waals surface area contributed by atoms with E-state index in [1.54, 1.807) is 0 Å². The van der Waals surface area contributed by atoms with Crippen molar-refractivity contribution in [3.8, 4) is 0 Å². The van der Waals surface area contributed by atoms with Crippen molar-refractivity contribution in [2.24, 2.45) is 11.1 Å². The maximum atomic E-state index is 11.5. The van der Waals surface area contributed by atoms with Crippen LogP contribution in [0.1, 0.15) is 44.9 Å². The van der Waals surface area contributed by atoms with Crippen LogP contribution in [0.3, 0.4) is 0 Å². The molecule has 1 rings (SSSR count). The number of nitrogens with one attached hydrogen (secondary N) is 1. The Morgan fingerprint density at radius 3 is 2.90 bits per heavy atom. The van der Waals surface area contributed by atoms with E-state index in [0.29, 0.717) is 5.92 Å². The number of rotatable bonds is 8. The minimum absolute atomic E-state index is 0.121. The van der Waals surface area contributed by atoms with Gasteiger partial charge in [-0.3, -0.25) is 4.79 Å². The number of hydrogen-bond donors (Lipinski definition) is 1. The molecular formula is C14H22N2O5. The highest BCUT2D eigenvalue weighted by Gasteiger charge is 2.30. The lowest BCUT2D eigenvalue weighted by Crippen LogP contribution is -2.31. The Kier molecular flexibility index (Phi) is 8.08. The van der Waals surface area contributed by atoms with Gasteiger partial charge in [0.05, 0.1) is 13.0 Å². The van der Waals surface area contributed by atoms with Crippen LogP contribution >= 0.6 is 0 Å². The van der Waals surface area contributed by atoms with Gasteiger partial charge in [0.15, 0.2) is 0 Å². The van der Waals surface area contributed by atoms with Crippen LogP contribution in [0, 0.1) is 10.8 Å². The summed E-state index contributed by atoms with van der Waals surface area (Å²) in [5.41, 5.74) is 1.93. The highest BCUT2D eigenvalue weighted by molar-refractivity contribution is 5.76. The molecule has 0 spiro atoms. The van der Waals surface area contributed by atoms with Crippen molar-refractivity contribution < 1.29 is 19.2 Å². The van der Waals surface area contributed by atoms with Gasteiger partial charge in [-0.15, -0.1) is 6.58 Å². The van der Waals surface area contributed by atoms with Crippen molar-refractivity contribution in [2.45, 2.75) is 51.0 Å². The summed E-state index contributed by atoms with van der Waals surface area (Å²) in [6.45, 7) is 3.53. The van der Waals surface area contributed by atoms with Crippen LogP contribution in [0.15, 0.2) is 17.8 Å². The number of ether oxygens (including phenoxy) is 1. The molecule has 118 valence electrons. The Bertz CT molecular complexity index is 372. The molecule has 0 aromatic heterocycles. The highest BCUT2D eigenvalue weighted by Crippen LogP contribution is 2.32. The third kappa shape index (κ3) is 6.87. The SMILES string of the molecule is C=CCCCC1CCCC1OC(=O)ONC(=O)CCN=O. The molecule has 0 bridgehead atoms. The Morgan fingerprint density at radius 1 is 1.38 bits per heavy atom. The molecule has 21 heavy (non-hydrogen) atoms. The van der Waals surface area contributed by atoms with Gasteiger partial charge in [-0.2, -0.15) is 10.4 Å². The van der Waals surface area contributed by atoms with Crippen LogP contribution in [0.2, 0.25) is 0 Å². The Hall–Kier alpha value is -1.92. The Balaban J connectivity index is 2.24. The molecule has 0 saturated heterocycles. The molecule has 0 heterocycles. The predicted octanol–water partition coefficient (Wildman–Crippen LogP) is 2.85. The van der Waals surface area contributed by atoms with Gasteiger partial charge >= 0.3 is 6.16 Å². The summed E-state index contributed by atoms with van der Waals surface area (Å²) in [7, 11) is 0. The molecule has 2 unspecified atom stereocenters. The molecule has 2 atom stereocenters. The molecule has 7 heteroatoms. The molecule has 1 aliphatic rings. The number of carbonyl (C=O) groups is 2. The lowest BCUT2D eigenvalue weighted by molar-refractivity contribution is -0.131. The van der Waals surface area contributed by atoms with Crippen LogP contribution in [-0.4, -0.2) is 24.7 Å². The molecule has 0 aliphatic heterocycles. The van der Waals surface area contributed by atoms with E-state index in [1.165, 1.54) is 0 Å². The van der Waals surface area contributed by atoms with E-state index >= 15 is 0 Å². The minimum Gasteiger partial charge on any atom is -0.429 e. The fraction of sp³-hybridized carbons (Fsp3) is 0.714. The maximum absolute atomic E-state index is 11.5. The number of carbonyl (C=O) groups excluding carboxylic acids is 2. The number of nitrogens with zero attached hydrogens (tertiary/aromatic N) is 1. The largest absolute Gasteiger partial charge is 0.533 e. The highest BCUT2D eigenvalue weighted by atomic mass is 16.8. The summed E-state index contributed by atoms with van der Waals surface area (Å²) in [5.74, 6) is -0.243. The van der Waals surface area contributed by atoms with Crippen LogP contribution in [0.4, 0.5) is 4.79 Å². The fourth-order valence-corrected chi connectivity index (χ4v) is 2.46. The smallest absolute Gasteiger partial charge is 0.429 e. The third-order valence-electron chi connectivity index (χ3n) is 3.50. The quantitative estimate of drug-likeness (QED) is 0.244. The van der Waals surface area contributed by atoms with Crippen molar-refractivity contribution >= 4 is 12.1 Å². The van der Waals surface area contributed by atoms with E-state index in [4.69, 9.17) is 4.74 Å². The second-order valence-electron chi connectivity index (χ2n) is 5.05. The van der Waals surface area contributed by atoms with Gasteiger partial charge in [-0.1, -0.05) is 11.3 Å². The minimum atomic E-state index is -0.914. The first kappa shape index (κ1) is 17.1. The fourth-order valence-electron chi connectivity index (χ4n) is 2.46. The summed E-state index contributed by atoms with van der Waals surface area (Å²) in [4.78, 5) is 37.0. The van der Waals surface area contributed by atoms with Gasteiger partial charge < -0.3 is 9.57 Å². The van der Waals surface area contributed by atoms with Gasteiger partial charge in [0.1, 0.15) is 6.10 Å². The molecule has 0 aromatic rings. The third-order valence-corrected chi connectivity index (χ3v) is 3.50. The molecule has 1 fully saturated rings. The van der Waals surface area contributed by atoms with Crippen LogP contribution in [-0.2, 0) is 14.4 Å². The topological polar surface area (TPSA) is 94.1 Å². The van der Waals surface area contributed by atoms with Crippen molar-refractivity contribution in [2.75, 3.05) is 6.54 Å². The summed E-state index contributed by atoms with van der Waals surface area (Å²) >= 11 is 0. The number of nitroso groups, excluding NO2 is 1. The summed E-state index contributed by atoms with van der Waals surface area (Å²) < 4.78 is 5.22. The molecule has 1 aliphatic carbocycles. The summed E-state index contributed by atoms with van der Waals surface area (Å²) in [6, 6.07) is 0. The zero-order valence-corrected chi connectivity index (χ0v) is 12.1. The predicted molar refractivity (Wildman–Crippen MR) is 76.2 cm³/mol. The molecule has 1 amide bonds. The van der Waals surface area contributed by atoms with E-state index in [-0.39, 0.29) is 19.1 Å². The number of amides is 1. The average molecular weight is 298 g/mol. The molecule has 1 saturated carbocycles. The number of hydroxylamine groups is 1. The molecule has 0 radical (unpaired) electrons. The van der Waals surface area contributed by atoms with Gasteiger partial charge in [0.2, 0.25) is 0 Å². The van der Waals surface area contributed by atoms with Crippen LogP contribution < -0.4 is 5.48 Å². The average Bonchev–Trinajstić information content (AvgIpc) is 2.90. The van der Waals surface area contributed by atoms with Gasteiger partial charge in [-0.05, 0) is 44.4 Å². The number of unbranched alkanes of at least 4 members (excludes halogenated alkanes) is 1. The Labute approximate surface area is 124 Å². The monoisotopic (exact) mass is 298 g/mol. The van der Waals surface area contributed by atoms with Gasteiger partial charge in [-0.25, -0.2) is 4.79 Å². The van der Waals surface area contributed by atoms with Gasteiger partial charge in [0.25, 0.3) is 5.91 Å². The summed E-state index contributed by atoms with van der Waals surface area (Å²) in [6.07, 6.45) is 6.53. The van der Waals surface area contributed by atoms with E-state index in [0.717, 1.165) is 38.5 Å². The van der Waals surface area contributed by atoms with Crippen LogP contribution in [0.5, 0.6) is 0 Å². The molecular weight excluding hydrogens is 276 g/mol. The van der Waals surface area contributed by atoms with Crippen LogP contribution in [0.25, 0.3) is 0 Å². The van der Waals surface area contributed by atoms with E-state index < -0.39 is 12.1 Å². The number of hydrogen-bond acceptors (Lipinski definition) is 6. The first-order chi connectivity index (χ1) is 10.2. The first-order valence-corrected chi connectivity index (χ1v) is 7.23.